The predicted octanol–water partition coefficient (Wildman–Crippen LogP) is 3.12. The Morgan fingerprint density at radius 3 is 2.18 bits per heavy atom. The number of unbranched alkanes of at least 4 members (excludes halogenated alkanes) is 1. The molecule has 0 fully saturated rings. The van der Waals surface area contributed by atoms with E-state index in [0.29, 0.717) is 0 Å². The van der Waals surface area contributed by atoms with Crippen LogP contribution in [-0.4, -0.2) is 23.5 Å². The van der Waals surface area contributed by atoms with Crippen LogP contribution in [0.25, 0.3) is 0 Å². The zero-order chi connectivity index (χ0) is 7.98. The van der Waals surface area contributed by atoms with Gasteiger partial charge in [0.15, 0.2) is 0 Å². The highest BCUT2D eigenvalue weighted by Crippen LogP contribution is 2.04. The Bertz CT molecular complexity index is 76.5. The monoisotopic (exact) mass is 199 g/mol. The maximum Gasteiger partial charge on any atom is 0.0821 e. The summed E-state index contributed by atoms with van der Waals surface area (Å²) in [4.78, 5) is 2.27. The van der Waals surface area contributed by atoms with Crippen LogP contribution in [0.5, 0.6) is 0 Å². The molecule has 0 aliphatic carbocycles. The average molecular weight is 200 g/mol. The zero-order valence-corrected chi connectivity index (χ0v) is 9.21. The van der Waals surface area contributed by atoms with E-state index >= 15 is 0 Å². The summed E-state index contributed by atoms with van der Waals surface area (Å²) in [5.74, 6) is 0. The molecule has 0 radical (unpaired) electrons. The second-order valence-electron chi connectivity index (χ2n) is 2.56. The van der Waals surface area contributed by atoms with Crippen LogP contribution < -0.4 is 0 Å². The van der Waals surface area contributed by atoms with E-state index in [2.05, 4.69) is 18.7 Å². The highest BCUT2D eigenvalue weighted by Gasteiger charge is 2.05. The van der Waals surface area contributed by atoms with Crippen molar-refractivity contribution in [1.29, 1.82) is 0 Å². The molecule has 0 aliphatic heterocycles. The summed E-state index contributed by atoms with van der Waals surface area (Å²) in [6, 6.07) is 0. The van der Waals surface area contributed by atoms with Crippen LogP contribution in [0.15, 0.2) is 0 Å². The summed E-state index contributed by atoms with van der Waals surface area (Å²) < 4.78 is 0. The molecular weight excluding hydrogens is 181 g/mol. The van der Waals surface area contributed by atoms with E-state index in [0.717, 1.165) is 13.1 Å². The number of nitrogens with zero attached hydrogens (tertiary/aromatic N) is 1. The molecule has 0 N–H and O–H groups in total. The molecule has 0 saturated carbocycles. The molecule has 0 saturated heterocycles. The van der Waals surface area contributed by atoms with Crippen LogP contribution in [-0.2, 0) is 0 Å². The van der Waals surface area contributed by atoms with Gasteiger partial charge in [-0.1, -0.05) is 20.3 Å². The topological polar surface area (TPSA) is 3.24 Å². The van der Waals surface area contributed by atoms with Crippen molar-refractivity contribution in [2.45, 2.75) is 39.1 Å². The Labute approximate surface area is 81.5 Å². The normalized spacial score (nSPS) is 12.8. The zero-order valence-electron chi connectivity index (χ0n) is 7.64. The van der Waals surface area contributed by atoms with Crippen molar-refractivity contribution in [2.24, 2.45) is 0 Å². The van der Waals surface area contributed by atoms with Crippen LogP contribution in [0.1, 0.15) is 33.6 Å². The van der Waals surface area contributed by atoms with Crippen LogP contribution in [0.4, 0.5) is 0 Å². The van der Waals surface area contributed by atoms with Gasteiger partial charge in [-0.15, -0.1) is 24.0 Å². The van der Waals surface area contributed by atoms with E-state index in [-0.39, 0.29) is 17.9 Å². The minimum Gasteiger partial charge on any atom is -0.288 e. The Morgan fingerprint density at radius 2 is 1.91 bits per heavy atom. The number of hydrogen-bond donors (Lipinski definition) is 0. The molecule has 11 heavy (non-hydrogen) atoms. The summed E-state index contributed by atoms with van der Waals surface area (Å²) in [6.07, 6.45) is 2.50. The van der Waals surface area contributed by atoms with Gasteiger partial charge in [-0.25, -0.2) is 0 Å². The molecule has 0 aliphatic rings. The Hall–Kier alpha value is 0.540. The fraction of sp³-hybridized carbons (Fsp3) is 1.00. The lowest BCUT2D eigenvalue weighted by Crippen LogP contribution is -2.29. The second kappa shape index (κ2) is 8.63. The van der Waals surface area contributed by atoms with Gasteiger partial charge in [-0.3, -0.25) is 4.90 Å². The van der Waals surface area contributed by atoms with Gasteiger partial charge >= 0.3 is 0 Å². The molecule has 1 nitrogen and oxygen atoms in total. The maximum absolute atomic E-state index is 5.91. The van der Waals surface area contributed by atoms with Crippen molar-refractivity contribution in [1.82, 2.24) is 4.90 Å². The van der Waals surface area contributed by atoms with Crippen LogP contribution in [0, 0.1) is 0 Å². The number of alkyl halides is 1. The first kappa shape index (κ1) is 14.1. The minimum absolute atomic E-state index is 0. The third-order valence-corrected chi connectivity index (χ3v) is 1.98. The minimum atomic E-state index is 0. The lowest BCUT2D eigenvalue weighted by atomic mass is 10.3. The van der Waals surface area contributed by atoms with Gasteiger partial charge in [0.1, 0.15) is 0 Å². The highest BCUT2D eigenvalue weighted by molar-refractivity contribution is 6.20. The standard InChI is InChI=1S/C8H18ClN.ClH/c1-4-6-7-10(5-2)8(3)9;/h8H,4-7H2,1-3H3;1H. The van der Waals surface area contributed by atoms with E-state index in [1.165, 1.54) is 12.8 Å². The summed E-state index contributed by atoms with van der Waals surface area (Å²) in [5, 5.41) is 0. The fourth-order valence-corrected chi connectivity index (χ4v) is 1.18. The van der Waals surface area contributed by atoms with Gasteiger partial charge in [0, 0.05) is 0 Å². The fourth-order valence-electron chi connectivity index (χ4n) is 0.949. The lowest BCUT2D eigenvalue weighted by Gasteiger charge is -2.22. The van der Waals surface area contributed by atoms with Gasteiger partial charge in [0.25, 0.3) is 0 Å². The summed E-state index contributed by atoms with van der Waals surface area (Å²) in [5.41, 5.74) is 0.191. The molecule has 0 aromatic heterocycles. The Morgan fingerprint density at radius 1 is 1.36 bits per heavy atom. The van der Waals surface area contributed by atoms with Gasteiger partial charge < -0.3 is 0 Å². The first-order chi connectivity index (χ1) is 4.72. The molecule has 1 atom stereocenters. The summed E-state index contributed by atoms with van der Waals surface area (Å²) in [6.45, 7) is 8.57. The van der Waals surface area contributed by atoms with Gasteiger partial charge in [0.05, 0.1) is 5.50 Å². The molecule has 70 valence electrons. The van der Waals surface area contributed by atoms with Gasteiger partial charge in [-0.05, 0) is 26.4 Å². The maximum atomic E-state index is 5.91. The SMILES string of the molecule is CCCCN(CC)C(C)Cl.Cl. The second-order valence-corrected chi connectivity index (χ2v) is 3.19. The van der Waals surface area contributed by atoms with Crippen molar-refractivity contribution in [2.75, 3.05) is 13.1 Å². The predicted molar refractivity (Wildman–Crippen MR) is 54.7 cm³/mol. The van der Waals surface area contributed by atoms with E-state index in [1.54, 1.807) is 0 Å². The number of halogens is 2. The van der Waals surface area contributed by atoms with E-state index < -0.39 is 0 Å². The van der Waals surface area contributed by atoms with Crippen molar-refractivity contribution in [3.8, 4) is 0 Å². The smallest absolute Gasteiger partial charge is 0.0821 e. The molecule has 0 rings (SSSR count). The quantitative estimate of drug-likeness (QED) is 0.486. The molecule has 1 unspecified atom stereocenters. The molecule has 0 spiro atoms. The van der Waals surface area contributed by atoms with Crippen molar-refractivity contribution < 1.29 is 0 Å². The number of hydrogen-bond acceptors (Lipinski definition) is 1. The first-order valence-electron chi connectivity index (χ1n) is 4.10. The summed E-state index contributed by atoms with van der Waals surface area (Å²) in [7, 11) is 0. The van der Waals surface area contributed by atoms with Crippen molar-refractivity contribution in [3.05, 3.63) is 0 Å². The summed E-state index contributed by atoms with van der Waals surface area (Å²) >= 11 is 5.91. The Balaban J connectivity index is 0. The van der Waals surface area contributed by atoms with Gasteiger partial charge in [-0.2, -0.15) is 0 Å². The first-order valence-corrected chi connectivity index (χ1v) is 4.54. The highest BCUT2D eigenvalue weighted by atomic mass is 35.5. The molecule has 0 bridgehead atoms. The largest absolute Gasteiger partial charge is 0.288 e. The third-order valence-electron chi connectivity index (χ3n) is 1.71. The average Bonchev–Trinajstić information content (AvgIpc) is 1.89. The van der Waals surface area contributed by atoms with E-state index in [4.69, 9.17) is 11.6 Å². The van der Waals surface area contributed by atoms with Crippen LogP contribution in [0.2, 0.25) is 0 Å². The van der Waals surface area contributed by atoms with Crippen LogP contribution >= 0.6 is 24.0 Å². The molecule has 3 heteroatoms. The number of rotatable bonds is 5. The molecular formula is C8H19Cl2N. The van der Waals surface area contributed by atoms with Crippen molar-refractivity contribution >= 4 is 24.0 Å². The van der Waals surface area contributed by atoms with E-state index in [1.807, 2.05) is 6.92 Å². The molecule has 0 aromatic carbocycles. The molecule has 0 amide bonds. The molecule has 0 aromatic rings. The lowest BCUT2D eigenvalue weighted by molar-refractivity contribution is 0.272. The molecule has 0 heterocycles. The Kier molecular flexibility index (Phi) is 11.1. The van der Waals surface area contributed by atoms with Crippen LogP contribution in [0.3, 0.4) is 0 Å². The third kappa shape index (κ3) is 6.92. The van der Waals surface area contributed by atoms with Crippen molar-refractivity contribution in [3.63, 3.8) is 0 Å². The van der Waals surface area contributed by atoms with Gasteiger partial charge in [0.2, 0.25) is 0 Å². The van der Waals surface area contributed by atoms with E-state index in [9.17, 15) is 0 Å².